The Morgan fingerprint density at radius 3 is 2.38 bits per heavy atom. The fraction of sp³-hybridized carbons (Fsp3) is 1.00. The van der Waals surface area contributed by atoms with E-state index in [1.807, 2.05) is 0 Å². The van der Waals surface area contributed by atoms with Crippen molar-refractivity contribution in [2.75, 3.05) is 5.88 Å². The van der Waals surface area contributed by atoms with Gasteiger partial charge in [-0.25, -0.2) is 0 Å². The van der Waals surface area contributed by atoms with Gasteiger partial charge >= 0.3 is 0 Å². The van der Waals surface area contributed by atoms with Crippen molar-refractivity contribution in [2.45, 2.75) is 55.7 Å². The molecule has 2 atom stereocenters. The predicted octanol–water partition coefficient (Wildman–Crippen LogP) is 4.96. The molecule has 0 spiro atoms. The highest BCUT2D eigenvalue weighted by molar-refractivity contribution is 9.09. The van der Waals surface area contributed by atoms with Gasteiger partial charge in [0.2, 0.25) is 0 Å². The molecule has 0 N–H and O–H groups in total. The van der Waals surface area contributed by atoms with Gasteiger partial charge in [-0.2, -0.15) is 0 Å². The van der Waals surface area contributed by atoms with Gasteiger partial charge < -0.3 is 0 Å². The smallest absolute Gasteiger partial charge is 0.0336 e. The summed E-state index contributed by atoms with van der Waals surface area (Å²) in [6.07, 6.45) is 6.87. The highest BCUT2D eigenvalue weighted by Crippen LogP contribution is 2.19. The van der Waals surface area contributed by atoms with Gasteiger partial charge in [-0.1, -0.05) is 29.3 Å². The van der Waals surface area contributed by atoms with E-state index in [0.29, 0.717) is 10.2 Å². The summed E-state index contributed by atoms with van der Waals surface area (Å²) in [7, 11) is 0. The molecular weight excluding hydrogens is 271 g/mol. The monoisotopic (exact) mass is 288 g/mol. The van der Waals surface area contributed by atoms with Crippen LogP contribution in [0.5, 0.6) is 0 Å². The molecule has 0 aromatic rings. The van der Waals surface area contributed by atoms with E-state index in [4.69, 9.17) is 23.2 Å². The lowest BCUT2D eigenvalue weighted by atomic mass is 10.1. The maximum atomic E-state index is 6.12. The molecule has 0 heterocycles. The second-order valence-corrected chi connectivity index (χ2v) is 5.68. The van der Waals surface area contributed by atoms with Gasteiger partial charge in [-0.05, 0) is 32.1 Å². The van der Waals surface area contributed by atoms with Gasteiger partial charge in [0.1, 0.15) is 0 Å². The molecule has 0 aliphatic carbocycles. The van der Waals surface area contributed by atoms with Crippen LogP contribution in [0.1, 0.15) is 45.4 Å². The Balaban J connectivity index is 3.29. The van der Waals surface area contributed by atoms with Crippen molar-refractivity contribution in [1.29, 1.82) is 0 Å². The Labute approximate surface area is 100 Å². The molecule has 2 unspecified atom stereocenters. The largest absolute Gasteiger partial charge is 0.127 e. The van der Waals surface area contributed by atoms with Gasteiger partial charge in [0.05, 0.1) is 0 Å². The third kappa shape index (κ3) is 9.37. The molecule has 80 valence electrons. The molecule has 0 bridgehead atoms. The van der Waals surface area contributed by atoms with Crippen molar-refractivity contribution in [3.63, 3.8) is 0 Å². The molecular formula is C10H19BrCl2. The van der Waals surface area contributed by atoms with Crippen LogP contribution < -0.4 is 0 Å². The zero-order valence-electron chi connectivity index (χ0n) is 8.24. The maximum Gasteiger partial charge on any atom is 0.0336 e. The quantitative estimate of drug-likeness (QED) is 0.554. The van der Waals surface area contributed by atoms with E-state index in [1.165, 1.54) is 19.3 Å². The summed E-state index contributed by atoms with van der Waals surface area (Å²) in [5.41, 5.74) is 0. The number of alkyl halides is 3. The summed E-state index contributed by atoms with van der Waals surface area (Å²) in [5.74, 6) is 0.732. The second kappa shape index (κ2) is 9.61. The van der Waals surface area contributed by atoms with E-state index in [-0.39, 0.29) is 0 Å². The first-order valence-electron chi connectivity index (χ1n) is 5.04. The molecule has 13 heavy (non-hydrogen) atoms. The fourth-order valence-electron chi connectivity index (χ4n) is 1.26. The van der Waals surface area contributed by atoms with Gasteiger partial charge in [0, 0.05) is 16.1 Å². The van der Waals surface area contributed by atoms with Crippen LogP contribution in [0.2, 0.25) is 0 Å². The molecule has 0 aromatic heterocycles. The van der Waals surface area contributed by atoms with Crippen LogP contribution >= 0.6 is 39.1 Å². The maximum absolute atomic E-state index is 6.12. The van der Waals surface area contributed by atoms with Crippen LogP contribution in [0.3, 0.4) is 0 Å². The van der Waals surface area contributed by atoms with Crippen LogP contribution in [0.4, 0.5) is 0 Å². The van der Waals surface area contributed by atoms with Gasteiger partial charge in [0.15, 0.2) is 0 Å². The Morgan fingerprint density at radius 1 is 1.15 bits per heavy atom. The summed E-state index contributed by atoms with van der Waals surface area (Å²) in [4.78, 5) is 0.648. The molecule has 0 saturated heterocycles. The van der Waals surface area contributed by atoms with E-state index in [1.54, 1.807) is 0 Å². The van der Waals surface area contributed by atoms with Crippen molar-refractivity contribution in [3.05, 3.63) is 0 Å². The minimum absolute atomic E-state index is 0.315. The van der Waals surface area contributed by atoms with Gasteiger partial charge in [-0.3, -0.25) is 0 Å². The minimum Gasteiger partial charge on any atom is -0.127 e. The first-order valence-corrected chi connectivity index (χ1v) is 6.93. The van der Waals surface area contributed by atoms with Gasteiger partial charge in [-0.15, -0.1) is 23.2 Å². The number of hydrogen-bond donors (Lipinski definition) is 0. The Bertz CT molecular complexity index is 109. The molecule has 0 nitrogen and oxygen atoms in total. The summed E-state index contributed by atoms with van der Waals surface area (Å²) in [5, 5.41) is 0.315. The summed E-state index contributed by atoms with van der Waals surface area (Å²) >= 11 is 15.4. The van der Waals surface area contributed by atoms with Crippen LogP contribution in [-0.4, -0.2) is 16.1 Å². The van der Waals surface area contributed by atoms with Crippen LogP contribution in [0.25, 0.3) is 0 Å². The lowest BCUT2D eigenvalue weighted by Gasteiger charge is -2.11. The zero-order chi connectivity index (χ0) is 10.1. The van der Waals surface area contributed by atoms with E-state index in [2.05, 4.69) is 22.9 Å². The molecule has 0 saturated carbocycles. The van der Waals surface area contributed by atoms with Crippen molar-refractivity contribution in [3.8, 4) is 0 Å². The van der Waals surface area contributed by atoms with E-state index in [9.17, 15) is 0 Å². The van der Waals surface area contributed by atoms with E-state index < -0.39 is 0 Å². The average Bonchev–Trinajstić information content (AvgIpc) is 2.12. The molecule has 0 aliphatic rings. The Hall–Kier alpha value is 1.06. The third-order valence-electron chi connectivity index (χ3n) is 2.05. The lowest BCUT2D eigenvalue weighted by molar-refractivity contribution is 0.607. The molecule has 0 aromatic carbocycles. The third-order valence-corrected chi connectivity index (χ3v) is 3.67. The van der Waals surface area contributed by atoms with Crippen LogP contribution in [-0.2, 0) is 0 Å². The molecule has 3 heteroatoms. The molecule has 0 rings (SSSR count). The molecule has 0 amide bonds. The first-order chi connectivity index (χ1) is 6.20. The SMILES string of the molecule is CCCC(Br)CCC(Cl)CCCCl. The number of rotatable bonds is 8. The highest BCUT2D eigenvalue weighted by Gasteiger charge is 2.08. The fourth-order valence-corrected chi connectivity index (χ4v) is 2.42. The van der Waals surface area contributed by atoms with Crippen LogP contribution in [0.15, 0.2) is 0 Å². The van der Waals surface area contributed by atoms with Crippen molar-refractivity contribution in [2.24, 2.45) is 0 Å². The topological polar surface area (TPSA) is 0 Å². The minimum atomic E-state index is 0.315. The highest BCUT2D eigenvalue weighted by atomic mass is 79.9. The molecule has 0 radical (unpaired) electrons. The second-order valence-electron chi connectivity index (χ2n) is 3.39. The van der Waals surface area contributed by atoms with Crippen molar-refractivity contribution >= 4 is 39.1 Å². The molecule has 0 aliphatic heterocycles. The van der Waals surface area contributed by atoms with Crippen LogP contribution in [0, 0.1) is 0 Å². The van der Waals surface area contributed by atoms with E-state index in [0.717, 1.165) is 25.1 Å². The zero-order valence-corrected chi connectivity index (χ0v) is 11.3. The first kappa shape index (κ1) is 14.1. The summed E-state index contributed by atoms with van der Waals surface area (Å²) in [6.45, 7) is 2.21. The van der Waals surface area contributed by atoms with E-state index >= 15 is 0 Å². The lowest BCUT2D eigenvalue weighted by Crippen LogP contribution is -2.04. The number of hydrogen-bond acceptors (Lipinski definition) is 0. The normalized spacial score (nSPS) is 15.7. The van der Waals surface area contributed by atoms with Crippen molar-refractivity contribution in [1.82, 2.24) is 0 Å². The van der Waals surface area contributed by atoms with Gasteiger partial charge in [0.25, 0.3) is 0 Å². The summed E-state index contributed by atoms with van der Waals surface area (Å²) in [6, 6.07) is 0. The summed E-state index contributed by atoms with van der Waals surface area (Å²) < 4.78 is 0. The van der Waals surface area contributed by atoms with Crippen molar-refractivity contribution < 1.29 is 0 Å². The average molecular weight is 290 g/mol. The standard InChI is InChI=1S/C10H19BrCl2/c1-2-4-9(11)6-7-10(13)5-3-8-12/h9-10H,2-8H2,1H3. The Kier molecular flexibility index (Phi) is 10.4. The molecule has 0 fully saturated rings. The predicted molar refractivity (Wildman–Crippen MR) is 66.5 cm³/mol. The number of halogens is 3. The Morgan fingerprint density at radius 2 is 1.85 bits per heavy atom.